The highest BCUT2D eigenvalue weighted by Gasteiger charge is 2.08. The van der Waals surface area contributed by atoms with Gasteiger partial charge in [-0.25, -0.2) is 0 Å². The molecule has 1 rings (SSSR count). The number of nitrogens with one attached hydrogen (secondary N) is 1. The number of hydrogen-bond acceptors (Lipinski definition) is 3. The summed E-state index contributed by atoms with van der Waals surface area (Å²) in [6.45, 7) is 0.193. The van der Waals surface area contributed by atoms with Gasteiger partial charge >= 0.3 is 0 Å². The molecule has 1 aromatic carbocycles. The van der Waals surface area contributed by atoms with Gasteiger partial charge in [0.2, 0.25) is 0 Å². The van der Waals surface area contributed by atoms with Gasteiger partial charge in [0.1, 0.15) is 11.5 Å². The highest BCUT2D eigenvalue weighted by atomic mass is 16.5. The minimum absolute atomic E-state index is 0.193. The first-order valence-electron chi connectivity index (χ1n) is 4.66. The highest BCUT2D eigenvalue weighted by molar-refractivity contribution is 5.95. The fraction of sp³-hybridized carbons (Fsp3) is 0.250. The summed E-state index contributed by atoms with van der Waals surface area (Å²) in [7, 11) is 3.05. The maximum absolute atomic E-state index is 11.6. The lowest BCUT2D eigenvalue weighted by atomic mass is 10.2. The molecule has 4 nitrogen and oxygen atoms in total. The number of benzene rings is 1. The van der Waals surface area contributed by atoms with E-state index in [9.17, 15) is 4.79 Å². The lowest BCUT2D eigenvalue weighted by Gasteiger charge is -2.07. The topological polar surface area (TPSA) is 47.6 Å². The van der Waals surface area contributed by atoms with Crippen molar-refractivity contribution in [3.63, 3.8) is 0 Å². The molecule has 0 unspecified atom stereocenters. The molecule has 0 aliphatic carbocycles. The first-order chi connectivity index (χ1) is 7.71. The Morgan fingerprint density at radius 3 is 2.31 bits per heavy atom. The molecular formula is C12H13NO3. The third-order valence-electron chi connectivity index (χ3n) is 1.96. The number of hydrogen-bond donors (Lipinski definition) is 1. The van der Waals surface area contributed by atoms with Gasteiger partial charge in [-0.2, -0.15) is 0 Å². The molecule has 1 amide bonds. The molecule has 0 aliphatic rings. The van der Waals surface area contributed by atoms with Crippen molar-refractivity contribution in [2.45, 2.75) is 0 Å². The highest BCUT2D eigenvalue weighted by Crippen LogP contribution is 2.22. The van der Waals surface area contributed by atoms with Crippen LogP contribution in [0.4, 0.5) is 0 Å². The van der Waals surface area contributed by atoms with Gasteiger partial charge in [0.25, 0.3) is 5.91 Å². The second kappa shape index (κ2) is 5.66. The van der Waals surface area contributed by atoms with Crippen LogP contribution in [0, 0.1) is 12.3 Å². The quantitative estimate of drug-likeness (QED) is 0.770. The summed E-state index contributed by atoms with van der Waals surface area (Å²) in [4.78, 5) is 11.6. The van der Waals surface area contributed by atoms with E-state index < -0.39 is 0 Å². The summed E-state index contributed by atoms with van der Waals surface area (Å²) in [5.41, 5.74) is 0.450. The molecule has 0 saturated carbocycles. The predicted molar refractivity (Wildman–Crippen MR) is 60.7 cm³/mol. The fourth-order valence-electron chi connectivity index (χ4n) is 1.17. The van der Waals surface area contributed by atoms with Crippen molar-refractivity contribution in [3.05, 3.63) is 23.8 Å². The number of carbonyl (C=O) groups is 1. The first-order valence-corrected chi connectivity index (χ1v) is 4.66. The Balaban J connectivity index is 2.94. The average Bonchev–Trinajstić information content (AvgIpc) is 2.35. The summed E-state index contributed by atoms with van der Waals surface area (Å²) in [5, 5.41) is 2.57. The van der Waals surface area contributed by atoms with Gasteiger partial charge in [0, 0.05) is 11.6 Å². The third-order valence-corrected chi connectivity index (χ3v) is 1.96. The van der Waals surface area contributed by atoms with Gasteiger partial charge in [-0.3, -0.25) is 4.79 Å². The van der Waals surface area contributed by atoms with Crippen LogP contribution >= 0.6 is 0 Å². The molecule has 0 bridgehead atoms. The lowest BCUT2D eigenvalue weighted by Crippen LogP contribution is -2.23. The van der Waals surface area contributed by atoms with Crippen LogP contribution in [0.25, 0.3) is 0 Å². The van der Waals surface area contributed by atoms with Gasteiger partial charge in [-0.1, -0.05) is 5.92 Å². The summed E-state index contributed by atoms with van der Waals surface area (Å²) < 4.78 is 10.1. The van der Waals surface area contributed by atoms with Crippen molar-refractivity contribution < 1.29 is 14.3 Å². The van der Waals surface area contributed by atoms with Crippen LogP contribution in [-0.2, 0) is 0 Å². The Bertz CT molecular complexity index is 399. The van der Waals surface area contributed by atoms with Gasteiger partial charge in [-0.05, 0) is 12.1 Å². The molecule has 0 aliphatic heterocycles. The Hall–Kier alpha value is -2.15. The van der Waals surface area contributed by atoms with Gasteiger partial charge in [0.15, 0.2) is 0 Å². The summed E-state index contributed by atoms with van der Waals surface area (Å²) in [6.07, 6.45) is 5.05. The van der Waals surface area contributed by atoms with Crippen LogP contribution in [0.3, 0.4) is 0 Å². The Morgan fingerprint density at radius 1 is 1.31 bits per heavy atom. The molecule has 4 heteroatoms. The third kappa shape index (κ3) is 2.92. The molecular weight excluding hydrogens is 206 g/mol. The standard InChI is InChI=1S/C12H13NO3/c1-4-5-13-12(14)9-6-10(15-2)8-11(7-9)16-3/h1,6-8H,5H2,2-3H3,(H,13,14). The number of rotatable bonds is 4. The molecule has 0 saturated heterocycles. The Morgan fingerprint density at radius 2 is 1.88 bits per heavy atom. The van der Waals surface area contributed by atoms with Crippen molar-refractivity contribution >= 4 is 5.91 Å². The number of carbonyl (C=O) groups excluding carboxylic acids is 1. The minimum Gasteiger partial charge on any atom is -0.497 e. The summed E-state index contributed by atoms with van der Waals surface area (Å²) in [6, 6.07) is 4.93. The summed E-state index contributed by atoms with van der Waals surface area (Å²) >= 11 is 0. The second-order valence-electron chi connectivity index (χ2n) is 2.99. The zero-order valence-corrected chi connectivity index (χ0v) is 9.24. The molecule has 16 heavy (non-hydrogen) atoms. The van der Waals surface area contributed by atoms with E-state index in [1.54, 1.807) is 18.2 Å². The van der Waals surface area contributed by atoms with Crippen molar-refractivity contribution in [1.29, 1.82) is 0 Å². The smallest absolute Gasteiger partial charge is 0.252 e. The number of terminal acetylenes is 1. The SMILES string of the molecule is C#CCNC(=O)c1cc(OC)cc(OC)c1. The minimum atomic E-state index is -0.254. The molecule has 84 valence electrons. The number of amides is 1. The van der Waals surface area contributed by atoms with E-state index in [0.29, 0.717) is 17.1 Å². The van der Waals surface area contributed by atoms with Gasteiger partial charge in [-0.15, -0.1) is 6.42 Å². The van der Waals surface area contributed by atoms with E-state index in [2.05, 4.69) is 11.2 Å². The average molecular weight is 219 g/mol. The second-order valence-corrected chi connectivity index (χ2v) is 2.99. The van der Waals surface area contributed by atoms with Crippen LogP contribution in [-0.4, -0.2) is 26.7 Å². The molecule has 0 fully saturated rings. The zero-order valence-electron chi connectivity index (χ0n) is 9.24. The largest absolute Gasteiger partial charge is 0.497 e. The van der Waals surface area contributed by atoms with Crippen molar-refractivity contribution in [2.24, 2.45) is 0 Å². The molecule has 0 atom stereocenters. The normalized spacial score (nSPS) is 9.06. The van der Waals surface area contributed by atoms with E-state index >= 15 is 0 Å². The maximum Gasteiger partial charge on any atom is 0.252 e. The van der Waals surface area contributed by atoms with Gasteiger partial charge in [0.05, 0.1) is 20.8 Å². The molecule has 0 radical (unpaired) electrons. The van der Waals surface area contributed by atoms with E-state index in [4.69, 9.17) is 15.9 Å². The number of ether oxygens (including phenoxy) is 2. The predicted octanol–water partition coefficient (Wildman–Crippen LogP) is 1.07. The van der Waals surface area contributed by atoms with E-state index in [0.717, 1.165) is 0 Å². The van der Waals surface area contributed by atoms with E-state index in [-0.39, 0.29) is 12.5 Å². The van der Waals surface area contributed by atoms with E-state index in [1.165, 1.54) is 14.2 Å². The lowest BCUT2D eigenvalue weighted by molar-refractivity contribution is 0.0958. The van der Waals surface area contributed by atoms with E-state index in [1.807, 2.05) is 0 Å². The Kier molecular flexibility index (Phi) is 4.22. The van der Waals surface area contributed by atoms with Crippen LogP contribution in [0.1, 0.15) is 10.4 Å². The first kappa shape index (κ1) is 11.9. The monoisotopic (exact) mass is 219 g/mol. The maximum atomic E-state index is 11.6. The molecule has 0 heterocycles. The number of methoxy groups -OCH3 is 2. The fourth-order valence-corrected chi connectivity index (χ4v) is 1.17. The molecule has 0 spiro atoms. The van der Waals surface area contributed by atoms with Crippen LogP contribution in [0.2, 0.25) is 0 Å². The van der Waals surface area contributed by atoms with Gasteiger partial charge < -0.3 is 14.8 Å². The van der Waals surface area contributed by atoms with Crippen molar-refractivity contribution in [1.82, 2.24) is 5.32 Å². The van der Waals surface area contributed by atoms with Crippen LogP contribution in [0.15, 0.2) is 18.2 Å². The zero-order chi connectivity index (χ0) is 12.0. The summed E-state index contributed by atoms with van der Waals surface area (Å²) in [5.74, 6) is 3.20. The molecule has 1 aromatic rings. The molecule has 1 N–H and O–H groups in total. The Labute approximate surface area is 94.6 Å². The van der Waals surface area contributed by atoms with Crippen LogP contribution < -0.4 is 14.8 Å². The van der Waals surface area contributed by atoms with Crippen LogP contribution in [0.5, 0.6) is 11.5 Å². The van der Waals surface area contributed by atoms with Crippen molar-refractivity contribution in [2.75, 3.05) is 20.8 Å². The van der Waals surface area contributed by atoms with Crippen molar-refractivity contribution in [3.8, 4) is 23.8 Å². The molecule has 0 aromatic heterocycles.